The van der Waals surface area contributed by atoms with Crippen LogP contribution in [0.15, 0.2) is 46.6 Å². The number of nitrogens with zero attached hydrogens (tertiary/aromatic N) is 1. The third-order valence-corrected chi connectivity index (χ3v) is 6.99. The van der Waals surface area contributed by atoms with Gasteiger partial charge in [0.1, 0.15) is 10.4 Å². The Morgan fingerprint density at radius 2 is 1.84 bits per heavy atom. The van der Waals surface area contributed by atoms with Crippen molar-refractivity contribution >= 4 is 32.3 Å². The Kier molecular flexibility index (Phi) is 5.91. The predicted octanol–water partition coefficient (Wildman–Crippen LogP) is 6.03. The molecule has 0 radical (unpaired) electrons. The molecule has 2 aromatic heterocycles. The first-order chi connectivity index (χ1) is 14.8. The van der Waals surface area contributed by atoms with Crippen LogP contribution in [0.1, 0.15) is 30.9 Å². The van der Waals surface area contributed by atoms with Gasteiger partial charge in [-0.2, -0.15) is 0 Å². The van der Waals surface area contributed by atoms with Crippen molar-refractivity contribution in [2.45, 2.75) is 26.7 Å². The maximum atomic E-state index is 12.6. The second-order valence-corrected chi connectivity index (χ2v) is 9.79. The molecule has 4 aromatic rings. The molecule has 4 rings (SSSR count). The fraction of sp³-hybridized carbons (Fsp3) is 0.346. The van der Waals surface area contributed by atoms with E-state index in [-0.39, 0.29) is 5.56 Å². The molecule has 0 amide bonds. The highest BCUT2D eigenvalue weighted by atomic mass is 32.1. The van der Waals surface area contributed by atoms with Gasteiger partial charge in [-0.25, -0.2) is 0 Å². The van der Waals surface area contributed by atoms with Crippen LogP contribution in [0.3, 0.4) is 0 Å². The molecule has 4 nitrogen and oxygen atoms in total. The molecular weight excluding hydrogens is 404 g/mol. The van der Waals surface area contributed by atoms with Gasteiger partial charge in [0, 0.05) is 22.9 Å². The molecule has 0 fully saturated rings. The first kappa shape index (κ1) is 21.6. The number of pyridine rings is 1. The molecule has 0 aliphatic rings. The molecule has 1 unspecified atom stereocenters. The van der Waals surface area contributed by atoms with E-state index in [0.717, 1.165) is 50.0 Å². The van der Waals surface area contributed by atoms with Crippen LogP contribution < -0.4 is 10.3 Å². The van der Waals surface area contributed by atoms with Gasteiger partial charge in [0.15, 0.2) is 0 Å². The summed E-state index contributed by atoms with van der Waals surface area (Å²) in [6, 6.07) is 12.9. The van der Waals surface area contributed by atoms with Crippen LogP contribution in [-0.4, -0.2) is 37.6 Å². The van der Waals surface area contributed by atoms with Gasteiger partial charge in [-0.05, 0) is 67.1 Å². The largest absolute Gasteiger partial charge is 0.496 e. The molecule has 31 heavy (non-hydrogen) atoms. The Balaban J connectivity index is 1.94. The minimum absolute atomic E-state index is 0.0319. The number of benzene rings is 2. The fourth-order valence-electron chi connectivity index (χ4n) is 4.51. The Bertz CT molecular complexity index is 1280. The number of aryl methyl sites for hydroxylation is 1. The summed E-state index contributed by atoms with van der Waals surface area (Å²) in [5, 5.41) is 4.02. The minimum atomic E-state index is -0.0319. The lowest BCUT2D eigenvalue weighted by Crippen LogP contribution is -2.23. The highest BCUT2D eigenvalue weighted by Crippen LogP contribution is 2.42. The monoisotopic (exact) mass is 434 g/mol. The van der Waals surface area contributed by atoms with Crippen LogP contribution in [0.2, 0.25) is 0 Å². The van der Waals surface area contributed by atoms with Crippen LogP contribution in [0.5, 0.6) is 5.75 Å². The predicted molar refractivity (Wildman–Crippen MR) is 133 cm³/mol. The summed E-state index contributed by atoms with van der Waals surface area (Å²) in [4.78, 5) is 18.0. The lowest BCUT2D eigenvalue weighted by molar-refractivity contribution is 0.330. The van der Waals surface area contributed by atoms with Crippen molar-refractivity contribution in [1.29, 1.82) is 0 Å². The maximum absolute atomic E-state index is 12.6. The first-order valence-electron chi connectivity index (χ1n) is 10.7. The summed E-state index contributed by atoms with van der Waals surface area (Å²) in [7, 11) is 5.96. The molecule has 2 heterocycles. The topological polar surface area (TPSA) is 45.3 Å². The fourth-order valence-corrected chi connectivity index (χ4v) is 5.30. The number of thiophene rings is 1. The maximum Gasteiger partial charge on any atom is 0.266 e. The highest BCUT2D eigenvalue weighted by Gasteiger charge is 2.20. The van der Waals surface area contributed by atoms with E-state index in [1.165, 1.54) is 16.9 Å². The summed E-state index contributed by atoms with van der Waals surface area (Å²) in [6.45, 7) is 7.59. The second kappa shape index (κ2) is 8.48. The highest BCUT2D eigenvalue weighted by molar-refractivity contribution is 7.17. The molecular formula is C26H30N2O2S. The van der Waals surface area contributed by atoms with Crippen molar-refractivity contribution in [2.75, 3.05) is 27.7 Å². The Morgan fingerprint density at radius 1 is 1.13 bits per heavy atom. The van der Waals surface area contributed by atoms with Crippen LogP contribution in [0.4, 0.5) is 0 Å². The van der Waals surface area contributed by atoms with E-state index in [0.29, 0.717) is 11.8 Å². The number of aromatic nitrogens is 1. The van der Waals surface area contributed by atoms with Crippen LogP contribution in [0, 0.1) is 12.8 Å². The average molecular weight is 435 g/mol. The SMILES string of the molecule is COc1cc(C)c2[nH]c(=O)c3sccc3c2c1-c1ccc(C(CN(C)C)C(C)C)cc1. The number of aromatic amines is 1. The van der Waals surface area contributed by atoms with Crippen LogP contribution >= 0.6 is 11.3 Å². The van der Waals surface area contributed by atoms with Gasteiger partial charge in [-0.1, -0.05) is 38.1 Å². The zero-order valence-corrected chi connectivity index (χ0v) is 19.9. The van der Waals surface area contributed by atoms with Gasteiger partial charge in [0.2, 0.25) is 0 Å². The van der Waals surface area contributed by atoms with Crippen molar-refractivity contribution in [3.05, 3.63) is 63.3 Å². The van der Waals surface area contributed by atoms with Crippen molar-refractivity contribution in [2.24, 2.45) is 5.92 Å². The van der Waals surface area contributed by atoms with Crippen LogP contribution in [0.25, 0.3) is 32.1 Å². The quantitative estimate of drug-likeness (QED) is 0.403. The molecule has 1 atom stereocenters. The number of hydrogen-bond acceptors (Lipinski definition) is 4. The van der Waals surface area contributed by atoms with E-state index in [4.69, 9.17) is 4.74 Å². The third kappa shape index (κ3) is 3.88. The lowest BCUT2D eigenvalue weighted by Gasteiger charge is -2.25. The van der Waals surface area contributed by atoms with Crippen molar-refractivity contribution in [3.8, 4) is 16.9 Å². The van der Waals surface area contributed by atoms with Gasteiger partial charge in [-0.3, -0.25) is 4.79 Å². The van der Waals surface area contributed by atoms with Gasteiger partial charge >= 0.3 is 0 Å². The number of likely N-dealkylation sites (N-methyl/N-ethyl adjacent to an activating group) is 1. The lowest BCUT2D eigenvalue weighted by atomic mass is 9.86. The molecule has 0 spiro atoms. The van der Waals surface area contributed by atoms with E-state index in [2.05, 4.69) is 62.1 Å². The van der Waals surface area contributed by atoms with Crippen molar-refractivity contribution in [3.63, 3.8) is 0 Å². The average Bonchev–Trinajstić information content (AvgIpc) is 3.23. The van der Waals surface area contributed by atoms with Crippen molar-refractivity contribution in [1.82, 2.24) is 9.88 Å². The third-order valence-electron chi connectivity index (χ3n) is 6.08. The Labute approximate surface area is 187 Å². The molecule has 0 saturated carbocycles. The number of rotatable bonds is 6. The summed E-state index contributed by atoms with van der Waals surface area (Å²) in [6.07, 6.45) is 0. The zero-order valence-electron chi connectivity index (χ0n) is 19.1. The summed E-state index contributed by atoms with van der Waals surface area (Å²) in [5.74, 6) is 1.85. The number of ether oxygens (including phenoxy) is 1. The Morgan fingerprint density at radius 3 is 2.45 bits per heavy atom. The van der Waals surface area contributed by atoms with Crippen LogP contribution in [-0.2, 0) is 0 Å². The number of fused-ring (bicyclic) bond motifs is 3. The number of methoxy groups -OCH3 is 1. The molecule has 0 saturated heterocycles. The summed E-state index contributed by atoms with van der Waals surface area (Å²) in [5.41, 5.74) is 5.32. The van der Waals surface area contributed by atoms with E-state index in [9.17, 15) is 4.79 Å². The smallest absolute Gasteiger partial charge is 0.266 e. The van der Waals surface area contributed by atoms with Gasteiger partial charge in [0.05, 0.1) is 12.6 Å². The molecule has 2 aromatic carbocycles. The number of H-pyrrole nitrogens is 1. The molecule has 0 aliphatic heterocycles. The zero-order chi connectivity index (χ0) is 22.3. The minimum Gasteiger partial charge on any atom is -0.496 e. The molecule has 162 valence electrons. The summed E-state index contributed by atoms with van der Waals surface area (Å²) < 4.78 is 6.57. The first-order valence-corrected chi connectivity index (χ1v) is 11.6. The molecule has 1 N–H and O–H groups in total. The second-order valence-electron chi connectivity index (χ2n) is 8.87. The van der Waals surface area contributed by atoms with Gasteiger partial charge < -0.3 is 14.6 Å². The molecule has 0 aliphatic carbocycles. The normalized spacial score (nSPS) is 12.9. The number of nitrogens with one attached hydrogen (secondary N) is 1. The standard InChI is InChI=1S/C26H30N2O2S/c1-15(2)20(14-28(4)5)17-7-9-18(10-8-17)22-21(30-6)13-16(3)24-23(22)19-11-12-31-25(19)26(29)27-24/h7-13,15,20H,14H2,1-6H3,(H,27,29). The van der Waals surface area contributed by atoms with Gasteiger partial charge in [0.25, 0.3) is 5.56 Å². The molecule has 5 heteroatoms. The molecule has 0 bridgehead atoms. The van der Waals surface area contributed by atoms with Gasteiger partial charge in [-0.15, -0.1) is 11.3 Å². The summed E-state index contributed by atoms with van der Waals surface area (Å²) >= 11 is 1.48. The van der Waals surface area contributed by atoms with E-state index < -0.39 is 0 Å². The van der Waals surface area contributed by atoms with E-state index in [1.54, 1.807) is 7.11 Å². The van der Waals surface area contributed by atoms with E-state index in [1.807, 2.05) is 24.4 Å². The number of hydrogen-bond donors (Lipinski definition) is 1. The van der Waals surface area contributed by atoms with E-state index >= 15 is 0 Å². The Hall–Kier alpha value is -2.63. The van der Waals surface area contributed by atoms with Crippen molar-refractivity contribution < 1.29 is 4.74 Å².